The van der Waals surface area contributed by atoms with E-state index in [2.05, 4.69) is 10.6 Å². The van der Waals surface area contributed by atoms with Gasteiger partial charge in [-0.15, -0.1) is 0 Å². The second kappa shape index (κ2) is 11.7. The lowest BCUT2D eigenvalue weighted by Crippen LogP contribution is -2.32. The third kappa shape index (κ3) is 5.70. The van der Waals surface area contributed by atoms with Crippen molar-refractivity contribution < 1.29 is 33.4 Å². The van der Waals surface area contributed by atoms with E-state index < -0.39 is 23.7 Å². The first-order valence-electron chi connectivity index (χ1n) is 11.7. The van der Waals surface area contributed by atoms with Crippen molar-refractivity contribution in [2.75, 3.05) is 36.4 Å². The Hall–Kier alpha value is -4.83. The van der Waals surface area contributed by atoms with Crippen LogP contribution in [0.5, 0.6) is 11.5 Å². The van der Waals surface area contributed by atoms with Crippen molar-refractivity contribution >= 4 is 52.4 Å². The van der Waals surface area contributed by atoms with Crippen LogP contribution < -0.4 is 25.0 Å². The predicted molar refractivity (Wildman–Crippen MR) is 145 cm³/mol. The second-order valence-corrected chi connectivity index (χ2v) is 8.51. The van der Waals surface area contributed by atoms with Crippen LogP contribution >= 0.6 is 11.6 Å². The number of hydrogen-bond donors (Lipinski definition) is 2. The van der Waals surface area contributed by atoms with Crippen molar-refractivity contribution in [3.05, 3.63) is 88.6 Å². The summed E-state index contributed by atoms with van der Waals surface area (Å²) in [5, 5.41) is 5.31. The molecule has 11 heteroatoms. The summed E-state index contributed by atoms with van der Waals surface area (Å²) in [6.45, 7) is 1.91. The lowest BCUT2D eigenvalue weighted by molar-refractivity contribution is -0.120. The fraction of sp³-hybridized carbons (Fsp3) is 0.143. The standard InChI is InChI=1S/C28H24ClN3O7/c1-4-39-28(36)16-8-10-19(11-9-16)32-26(34)23(29)24(27(32)35)30-18-7-5-6-17(14-18)25(33)31-21-15-20(37-2)12-13-22(21)38-3/h5-15,30H,4H2,1-3H3,(H,31,33). The number of hydrogen-bond acceptors (Lipinski definition) is 8. The quantitative estimate of drug-likeness (QED) is 0.294. The van der Waals surface area contributed by atoms with Gasteiger partial charge in [-0.2, -0.15) is 0 Å². The fourth-order valence-corrected chi connectivity index (χ4v) is 4.01. The lowest BCUT2D eigenvalue weighted by Gasteiger charge is -2.16. The number of amides is 3. The molecule has 0 unspecified atom stereocenters. The molecule has 0 bridgehead atoms. The molecule has 3 aromatic rings. The Morgan fingerprint density at radius 2 is 1.64 bits per heavy atom. The van der Waals surface area contributed by atoms with Gasteiger partial charge in [-0.1, -0.05) is 17.7 Å². The number of carbonyl (C=O) groups excluding carboxylic acids is 4. The maximum Gasteiger partial charge on any atom is 0.338 e. The van der Waals surface area contributed by atoms with Crippen LogP contribution in [0.3, 0.4) is 0 Å². The molecule has 3 amide bonds. The van der Waals surface area contributed by atoms with Crippen LogP contribution in [0.1, 0.15) is 27.6 Å². The molecule has 0 atom stereocenters. The molecule has 10 nitrogen and oxygen atoms in total. The van der Waals surface area contributed by atoms with Gasteiger partial charge in [0.25, 0.3) is 17.7 Å². The molecule has 2 N–H and O–H groups in total. The van der Waals surface area contributed by atoms with Crippen molar-refractivity contribution in [3.63, 3.8) is 0 Å². The van der Waals surface area contributed by atoms with E-state index in [9.17, 15) is 19.2 Å². The highest BCUT2D eigenvalue weighted by atomic mass is 35.5. The summed E-state index contributed by atoms with van der Waals surface area (Å²) in [5.74, 6) is -1.40. The summed E-state index contributed by atoms with van der Waals surface area (Å²) < 4.78 is 15.5. The summed E-state index contributed by atoms with van der Waals surface area (Å²) in [7, 11) is 2.99. The van der Waals surface area contributed by atoms with Crippen LogP contribution in [0, 0.1) is 0 Å². The van der Waals surface area contributed by atoms with Crippen molar-refractivity contribution in [2.45, 2.75) is 6.92 Å². The number of halogens is 1. The molecule has 0 fully saturated rings. The molecule has 3 aromatic carbocycles. The molecule has 1 aliphatic rings. The van der Waals surface area contributed by atoms with Crippen molar-refractivity contribution in [1.82, 2.24) is 0 Å². The minimum Gasteiger partial charge on any atom is -0.497 e. The van der Waals surface area contributed by atoms with E-state index >= 15 is 0 Å². The van der Waals surface area contributed by atoms with Crippen LogP contribution in [0.4, 0.5) is 17.1 Å². The summed E-state index contributed by atoms with van der Waals surface area (Å²) in [6.07, 6.45) is 0. The van der Waals surface area contributed by atoms with Gasteiger partial charge in [0, 0.05) is 17.3 Å². The van der Waals surface area contributed by atoms with E-state index in [-0.39, 0.29) is 34.2 Å². The topological polar surface area (TPSA) is 123 Å². The molecule has 0 spiro atoms. The van der Waals surface area contributed by atoms with Gasteiger partial charge in [0.15, 0.2) is 0 Å². The highest BCUT2D eigenvalue weighted by molar-refractivity contribution is 6.53. The van der Waals surface area contributed by atoms with Gasteiger partial charge >= 0.3 is 5.97 Å². The molecule has 4 rings (SSSR count). The smallest absolute Gasteiger partial charge is 0.338 e. The first-order valence-corrected chi connectivity index (χ1v) is 12.1. The van der Waals surface area contributed by atoms with Gasteiger partial charge in [-0.25, -0.2) is 9.69 Å². The van der Waals surface area contributed by atoms with E-state index in [1.54, 1.807) is 43.3 Å². The van der Waals surface area contributed by atoms with Crippen LogP contribution in [0.2, 0.25) is 0 Å². The highest BCUT2D eigenvalue weighted by Gasteiger charge is 2.39. The number of rotatable bonds is 9. The Bertz CT molecular complexity index is 1480. The first kappa shape index (κ1) is 27.2. The largest absolute Gasteiger partial charge is 0.497 e. The van der Waals surface area contributed by atoms with Gasteiger partial charge in [-0.05, 0) is 61.5 Å². The van der Waals surface area contributed by atoms with Crippen molar-refractivity contribution in [2.24, 2.45) is 0 Å². The maximum atomic E-state index is 13.1. The first-order chi connectivity index (χ1) is 18.8. The molecule has 1 heterocycles. The molecule has 0 aliphatic carbocycles. The van der Waals surface area contributed by atoms with Crippen LogP contribution in [-0.4, -0.2) is 44.5 Å². The highest BCUT2D eigenvalue weighted by Crippen LogP contribution is 2.32. The molecule has 0 saturated carbocycles. The Labute approximate surface area is 229 Å². The van der Waals surface area contributed by atoms with E-state index in [1.807, 2.05) is 0 Å². The maximum absolute atomic E-state index is 13.1. The number of nitrogens with zero attached hydrogens (tertiary/aromatic N) is 1. The fourth-order valence-electron chi connectivity index (χ4n) is 3.80. The van der Waals surface area contributed by atoms with Gasteiger partial charge in [0.05, 0.1) is 37.8 Å². The molecular formula is C28H24ClN3O7. The third-order valence-corrected chi connectivity index (χ3v) is 6.06. The number of nitrogens with one attached hydrogen (secondary N) is 2. The van der Waals surface area contributed by atoms with Crippen LogP contribution in [-0.2, 0) is 14.3 Å². The minimum atomic E-state index is -0.730. The molecule has 0 aromatic heterocycles. The summed E-state index contributed by atoms with van der Waals surface area (Å²) in [6, 6.07) is 17.1. The van der Waals surface area contributed by atoms with Crippen molar-refractivity contribution in [3.8, 4) is 11.5 Å². The van der Waals surface area contributed by atoms with Crippen LogP contribution in [0.25, 0.3) is 0 Å². The number of carbonyl (C=O) groups is 4. The Morgan fingerprint density at radius 1 is 0.897 bits per heavy atom. The zero-order valence-corrected chi connectivity index (χ0v) is 22.0. The molecule has 0 saturated heterocycles. The predicted octanol–water partition coefficient (Wildman–Crippen LogP) is 4.57. The molecule has 200 valence electrons. The van der Waals surface area contributed by atoms with Crippen LogP contribution in [0.15, 0.2) is 77.5 Å². The minimum absolute atomic E-state index is 0.150. The van der Waals surface area contributed by atoms with E-state index in [0.717, 1.165) is 4.90 Å². The number of esters is 1. The number of benzene rings is 3. The Balaban J connectivity index is 1.51. The zero-order chi connectivity index (χ0) is 28.1. The summed E-state index contributed by atoms with van der Waals surface area (Å²) in [5.41, 5.74) is 1.39. The monoisotopic (exact) mass is 549 g/mol. The van der Waals surface area contributed by atoms with E-state index in [0.29, 0.717) is 22.9 Å². The zero-order valence-electron chi connectivity index (χ0n) is 21.2. The van der Waals surface area contributed by atoms with Gasteiger partial charge in [-0.3, -0.25) is 14.4 Å². The third-order valence-electron chi connectivity index (χ3n) is 5.71. The summed E-state index contributed by atoms with van der Waals surface area (Å²) in [4.78, 5) is 51.7. The second-order valence-electron chi connectivity index (χ2n) is 8.13. The normalized spacial score (nSPS) is 12.9. The molecule has 1 aliphatic heterocycles. The Morgan fingerprint density at radius 3 is 2.31 bits per heavy atom. The van der Waals surface area contributed by atoms with Gasteiger partial charge in [0.2, 0.25) is 0 Å². The molecule has 39 heavy (non-hydrogen) atoms. The SMILES string of the molecule is CCOC(=O)c1ccc(N2C(=O)C(Cl)=C(Nc3cccc(C(=O)Nc4cc(OC)ccc4OC)c3)C2=O)cc1. The number of ether oxygens (including phenoxy) is 3. The van der Waals surface area contributed by atoms with E-state index in [4.69, 9.17) is 25.8 Å². The molecule has 0 radical (unpaired) electrons. The average molecular weight is 550 g/mol. The van der Waals surface area contributed by atoms with Crippen molar-refractivity contribution in [1.29, 1.82) is 0 Å². The van der Waals surface area contributed by atoms with E-state index in [1.165, 1.54) is 44.6 Å². The lowest BCUT2D eigenvalue weighted by atomic mass is 10.1. The number of methoxy groups -OCH3 is 2. The Kier molecular flexibility index (Phi) is 8.16. The average Bonchev–Trinajstić information content (AvgIpc) is 3.16. The molecular weight excluding hydrogens is 526 g/mol. The summed E-state index contributed by atoms with van der Waals surface area (Å²) >= 11 is 6.24. The number of anilines is 3. The van der Waals surface area contributed by atoms with Gasteiger partial charge in [0.1, 0.15) is 22.2 Å². The number of imide groups is 1. The van der Waals surface area contributed by atoms with Gasteiger partial charge < -0.3 is 24.8 Å².